The molecule has 1 N–H and O–H groups in total. The molecule has 1 aliphatic carbocycles. The van der Waals surface area contributed by atoms with Gasteiger partial charge in [-0.15, -0.1) is 0 Å². The molecule has 0 spiro atoms. The minimum Gasteiger partial charge on any atom is -0.466 e. The lowest BCUT2D eigenvalue weighted by molar-refractivity contribution is -0.154. The number of esters is 1. The van der Waals surface area contributed by atoms with E-state index in [-0.39, 0.29) is 11.8 Å². The van der Waals surface area contributed by atoms with Crippen LogP contribution in [0.2, 0.25) is 0 Å². The highest BCUT2D eigenvalue weighted by Crippen LogP contribution is 2.39. The molecule has 0 radical (unpaired) electrons. The second kappa shape index (κ2) is 6.70. The molecule has 0 aliphatic heterocycles. The van der Waals surface area contributed by atoms with Gasteiger partial charge in [-0.1, -0.05) is 12.8 Å². The number of pyridine rings is 1. The monoisotopic (exact) mass is 290 g/mol. The van der Waals surface area contributed by atoms with Crippen LogP contribution in [0.25, 0.3) is 0 Å². The van der Waals surface area contributed by atoms with Gasteiger partial charge in [-0.25, -0.2) is 4.98 Å². The van der Waals surface area contributed by atoms with E-state index in [9.17, 15) is 9.59 Å². The first kappa shape index (κ1) is 15.5. The van der Waals surface area contributed by atoms with Crippen LogP contribution in [-0.2, 0) is 9.53 Å². The standard InChI is InChI=1S/C16H22N2O3/c1-3-21-15(20)16(8-4-5-9-16)11-18-14-7-6-13(10-17-14)12(2)19/h6-7,10H,3-5,8-9,11H2,1-2H3,(H,17,18). The maximum Gasteiger partial charge on any atom is 0.313 e. The lowest BCUT2D eigenvalue weighted by Crippen LogP contribution is -2.37. The normalized spacial score (nSPS) is 16.5. The third kappa shape index (κ3) is 3.60. The number of ketones is 1. The summed E-state index contributed by atoms with van der Waals surface area (Å²) in [6.45, 7) is 4.28. The zero-order valence-corrected chi connectivity index (χ0v) is 12.6. The first-order chi connectivity index (χ1) is 10.1. The van der Waals surface area contributed by atoms with Crippen LogP contribution in [0.5, 0.6) is 0 Å². The molecule has 114 valence electrons. The third-order valence-electron chi connectivity index (χ3n) is 4.05. The van der Waals surface area contributed by atoms with Crippen molar-refractivity contribution in [3.63, 3.8) is 0 Å². The van der Waals surface area contributed by atoms with Gasteiger partial charge in [-0.2, -0.15) is 0 Å². The Kier molecular flexibility index (Phi) is 4.94. The van der Waals surface area contributed by atoms with Gasteiger partial charge in [0.05, 0.1) is 12.0 Å². The molecule has 0 unspecified atom stereocenters. The molecule has 1 aliphatic rings. The summed E-state index contributed by atoms with van der Waals surface area (Å²) in [4.78, 5) is 27.6. The van der Waals surface area contributed by atoms with Crippen molar-refractivity contribution in [3.05, 3.63) is 23.9 Å². The lowest BCUT2D eigenvalue weighted by atomic mass is 9.86. The fourth-order valence-electron chi connectivity index (χ4n) is 2.76. The van der Waals surface area contributed by atoms with E-state index in [0.717, 1.165) is 25.7 Å². The summed E-state index contributed by atoms with van der Waals surface area (Å²) in [6, 6.07) is 3.51. The first-order valence-corrected chi connectivity index (χ1v) is 7.45. The number of aromatic nitrogens is 1. The van der Waals surface area contributed by atoms with Crippen molar-refractivity contribution in [1.82, 2.24) is 4.98 Å². The van der Waals surface area contributed by atoms with Crippen LogP contribution in [0.4, 0.5) is 5.82 Å². The number of anilines is 1. The van der Waals surface area contributed by atoms with E-state index in [0.29, 0.717) is 24.5 Å². The van der Waals surface area contributed by atoms with Crippen LogP contribution in [0.3, 0.4) is 0 Å². The number of carbonyl (C=O) groups excluding carboxylic acids is 2. The smallest absolute Gasteiger partial charge is 0.313 e. The summed E-state index contributed by atoms with van der Waals surface area (Å²) in [5.41, 5.74) is 0.151. The van der Waals surface area contributed by atoms with Crippen molar-refractivity contribution >= 4 is 17.6 Å². The Bertz CT molecular complexity index is 505. The van der Waals surface area contributed by atoms with Crippen molar-refractivity contribution < 1.29 is 14.3 Å². The van der Waals surface area contributed by atoms with Gasteiger partial charge in [0.15, 0.2) is 5.78 Å². The second-order valence-electron chi connectivity index (χ2n) is 5.55. The molecule has 1 aromatic heterocycles. The van der Waals surface area contributed by atoms with Crippen LogP contribution in [0.15, 0.2) is 18.3 Å². The molecule has 1 aromatic rings. The second-order valence-corrected chi connectivity index (χ2v) is 5.55. The van der Waals surface area contributed by atoms with Crippen LogP contribution >= 0.6 is 0 Å². The van der Waals surface area contributed by atoms with E-state index >= 15 is 0 Å². The van der Waals surface area contributed by atoms with Gasteiger partial charge in [-0.05, 0) is 38.8 Å². The molecular formula is C16H22N2O3. The van der Waals surface area contributed by atoms with Crippen molar-refractivity contribution in [1.29, 1.82) is 0 Å². The molecule has 2 rings (SSSR count). The average Bonchev–Trinajstić information content (AvgIpc) is 2.96. The van der Waals surface area contributed by atoms with Gasteiger partial charge >= 0.3 is 5.97 Å². The van der Waals surface area contributed by atoms with Crippen molar-refractivity contribution in [2.75, 3.05) is 18.5 Å². The Labute approximate surface area is 125 Å². The zero-order valence-electron chi connectivity index (χ0n) is 12.6. The number of hydrogen-bond donors (Lipinski definition) is 1. The number of nitrogens with zero attached hydrogens (tertiary/aromatic N) is 1. The summed E-state index contributed by atoms with van der Waals surface area (Å²) in [5, 5.41) is 3.21. The fourth-order valence-corrected chi connectivity index (χ4v) is 2.76. The first-order valence-electron chi connectivity index (χ1n) is 7.45. The number of carbonyl (C=O) groups is 2. The van der Waals surface area contributed by atoms with Gasteiger partial charge < -0.3 is 10.1 Å². The molecule has 5 heteroatoms. The summed E-state index contributed by atoms with van der Waals surface area (Å²) < 4.78 is 5.22. The van der Waals surface area contributed by atoms with E-state index in [4.69, 9.17) is 4.74 Å². The Balaban J connectivity index is 2.02. The zero-order chi connectivity index (χ0) is 15.3. The van der Waals surface area contributed by atoms with Gasteiger partial charge in [0.2, 0.25) is 0 Å². The maximum atomic E-state index is 12.2. The number of Topliss-reactive ketones (excluding diaryl/α,β-unsaturated/α-hetero) is 1. The number of ether oxygens (including phenoxy) is 1. The highest BCUT2D eigenvalue weighted by molar-refractivity contribution is 5.93. The maximum absolute atomic E-state index is 12.2. The number of hydrogen-bond acceptors (Lipinski definition) is 5. The summed E-state index contributed by atoms with van der Waals surface area (Å²) >= 11 is 0. The fraction of sp³-hybridized carbons (Fsp3) is 0.562. The van der Waals surface area contributed by atoms with Crippen LogP contribution in [-0.4, -0.2) is 29.9 Å². The molecule has 1 heterocycles. The summed E-state index contributed by atoms with van der Waals surface area (Å²) in [5.74, 6) is 0.554. The highest BCUT2D eigenvalue weighted by atomic mass is 16.5. The van der Waals surface area contributed by atoms with Crippen molar-refractivity contribution in [2.24, 2.45) is 5.41 Å². The molecule has 0 saturated heterocycles. The lowest BCUT2D eigenvalue weighted by Gasteiger charge is -2.26. The molecule has 0 aromatic carbocycles. The number of rotatable bonds is 6. The third-order valence-corrected chi connectivity index (χ3v) is 4.05. The van der Waals surface area contributed by atoms with E-state index in [2.05, 4.69) is 10.3 Å². The summed E-state index contributed by atoms with van der Waals surface area (Å²) in [7, 11) is 0. The largest absolute Gasteiger partial charge is 0.466 e. The van der Waals surface area contributed by atoms with Gasteiger partial charge in [0.1, 0.15) is 5.82 Å². The molecule has 5 nitrogen and oxygen atoms in total. The van der Waals surface area contributed by atoms with E-state index in [1.54, 1.807) is 18.3 Å². The van der Waals surface area contributed by atoms with Crippen molar-refractivity contribution in [3.8, 4) is 0 Å². The van der Waals surface area contributed by atoms with E-state index in [1.165, 1.54) is 6.92 Å². The van der Waals surface area contributed by atoms with Gasteiger partial charge in [-0.3, -0.25) is 9.59 Å². The Hall–Kier alpha value is -1.91. The molecular weight excluding hydrogens is 268 g/mol. The molecule has 0 amide bonds. The topological polar surface area (TPSA) is 68.3 Å². The Morgan fingerprint density at radius 2 is 2.05 bits per heavy atom. The van der Waals surface area contributed by atoms with Gasteiger partial charge in [0.25, 0.3) is 0 Å². The average molecular weight is 290 g/mol. The van der Waals surface area contributed by atoms with Crippen LogP contribution in [0.1, 0.15) is 49.9 Å². The van der Waals surface area contributed by atoms with E-state index < -0.39 is 5.41 Å². The van der Waals surface area contributed by atoms with Crippen molar-refractivity contribution in [2.45, 2.75) is 39.5 Å². The molecule has 1 saturated carbocycles. The minimum absolute atomic E-state index is 0.00663. The SMILES string of the molecule is CCOC(=O)C1(CNc2ccc(C(C)=O)cn2)CCCC1. The Morgan fingerprint density at radius 1 is 1.33 bits per heavy atom. The van der Waals surface area contributed by atoms with E-state index in [1.807, 2.05) is 6.92 Å². The predicted molar refractivity (Wildman–Crippen MR) is 80.3 cm³/mol. The molecule has 21 heavy (non-hydrogen) atoms. The molecule has 0 atom stereocenters. The highest BCUT2D eigenvalue weighted by Gasteiger charge is 2.42. The quantitative estimate of drug-likeness (QED) is 0.644. The molecule has 1 fully saturated rings. The number of nitrogens with one attached hydrogen (secondary N) is 1. The van der Waals surface area contributed by atoms with Gasteiger partial charge in [0, 0.05) is 18.3 Å². The van der Waals surface area contributed by atoms with Crippen LogP contribution in [0, 0.1) is 5.41 Å². The summed E-state index contributed by atoms with van der Waals surface area (Å²) in [6.07, 6.45) is 5.36. The predicted octanol–water partition coefficient (Wildman–Crippen LogP) is 2.82. The minimum atomic E-state index is -0.434. The molecule has 0 bridgehead atoms. The van der Waals surface area contributed by atoms with Crippen LogP contribution < -0.4 is 5.32 Å². The Morgan fingerprint density at radius 3 is 2.57 bits per heavy atom.